The van der Waals surface area contributed by atoms with Crippen molar-refractivity contribution in [3.63, 3.8) is 0 Å². The molecule has 1 atom stereocenters. The molecule has 0 radical (unpaired) electrons. The summed E-state index contributed by atoms with van der Waals surface area (Å²) in [6, 6.07) is 12.6. The summed E-state index contributed by atoms with van der Waals surface area (Å²) in [7, 11) is 0. The van der Waals surface area contributed by atoms with Crippen molar-refractivity contribution in [1.82, 2.24) is 19.9 Å². The third-order valence-electron chi connectivity index (χ3n) is 6.60. The van der Waals surface area contributed by atoms with Gasteiger partial charge in [0.1, 0.15) is 17.2 Å². The molecular formula is C23H22FN5O. The first-order chi connectivity index (χ1) is 14.7. The fraction of sp³-hybridized carbons (Fsp3) is 0.304. The fourth-order valence-electron chi connectivity index (χ4n) is 5.06. The maximum atomic E-state index is 15.0. The Kier molecular flexibility index (Phi) is 3.92. The largest absolute Gasteiger partial charge is 0.379 e. The van der Waals surface area contributed by atoms with E-state index in [2.05, 4.69) is 25.2 Å². The van der Waals surface area contributed by atoms with Crippen LogP contribution in [0.5, 0.6) is 0 Å². The van der Waals surface area contributed by atoms with Gasteiger partial charge in [-0.1, -0.05) is 18.2 Å². The normalized spacial score (nSPS) is 23.3. The molecule has 3 saturated heterocycles. The van der Waals surface area contributed by atoms with Gasteiger partial charge in [-0.15, -0.1) is 0 Å². The van der Waals surface area contributed by atoms with Crippen LogP contribution in [-0.2, 0) is 0 Å². The molecule has 3 N–H and O–H groups in total. The number of H-pyrrole nitrogens is 2. The van der Waals surface area contributed by atoms with E-state index < -0.39 is 0 Å². The number of aromatic amines is 2. The van der Waals surface area contributed by atoms with Crippen molar-refractivity contribution in [3.05, 3.63) is 58.6 Å². The van der Waals surface area contributed by atoms with E-state index in [0.717, 1.165) is 43.5 Å². The minimum absolute atomic E-state index is 0.181. The molecule has 3 aliphatic heterocycles. The molecule has 7 rings (SSSR count). The number of nitrogens with one attached hydrogen (secondary N) is 3. The molecule has 7 heteroatoms. The maximum absolute atomic E-state index is 15.0. The van der Waals surface area contributed by atoms with E-state index in [-0.39, 0.29) is 17.4 Å². The number of hydrogen-bond acceptors (Lipinski definition) is 4. The summed E-state index contributed by atoms with van der Waals surface area (Å²) in [5.74, 6) is 0.621. The number of anilines is 1. The van der Waals surface area contributed by atoms with Gasteiger partial charge in [-0.2, -0.15) is 0 Å². The lowest BCUT2D eigenvalue weighted by Crippen LogP contribution is -2.53. The smallest absolute Gasteiger partial charge is 0.261 e. The van der Waals surface area contributed by atoms with Gasteiger partial charge in [0, 0.05) is 12.6 Å². The number of aromatic nitrogens is 3. The van der Waals surface area contributed by atoms with E-state index >= 15 is 4.39 Å². The monoisotopic (exact) mass is 403 g/mol. The Morgan fingerprint density at radius 1 is 1.03 bits per heavy atom. The summed E-state index contributed by atoms with van der Waals surface area (Å²) in [6.45, 7) is 3.14. The topological polar surface area (TPSA) is 76.8 Å². The lowest BCUT2D eigenvalue weighted by atomic mass is 9.83. The maximum Gasteiger partial charge on any atom is 0.261 e. The van der Waals surface area contributed by atoms with Gasteiger partial charge in [0.15, 0.2) is 0 Å². The van der Waals surface area contributed by atoms with Crippen LogP contribution in [0.1, 0.15) is 12.8 Å². The number of imidazole rings is 1. The Bertz CT molecular complexity index is 1290. The predicted molar refractivity (Wildman–Crippen MR) is 116 cm³/mol. The average molecular weight is 403 g/mol. The minimum Gasteiger partial charge on any atom is -0.379 e. The zero-order valence-electron chi connectivity index (χ0n) is 16.4. The second kappa shape index (κ2) is 6.67. The van der Waals surface area contributed by atoms with E-state index in [1.807, 2.05) is 24.3 Å². The van der Waals surface area contributed by atoms with Gasteiger partial charge in [0.05, 0.1) is 27.6 Å². The highest BCUT2D eigenvalue weighted by atomic mass is 19.1. The van der Waals surface area contributed by atoms with Gasteiger partial charge in [0.25, 0.3) is 5.56 Å². The molecule has 0 unspecified atom stereocenters. The van der Waals surface area contributed by atoms with E-state index in [4.69, 9.17) is 0 Å². The molecule has 2 aromatic heterocycles. The third-order valence-corrected chi connectivity index (χ3v) is 6.60. The van der Waals surface area contributed by atoms with Crippen molar-refractivity contribution in [2.75, 3.05) is 25.0 Å². The standard InChI is InChI=1S/C23H22FN5O/c24-14-4-3-7-17-19(14)21(25-18-12-29-10-8-13(18)9-11-29)20(23(30)28-17)22-26-15-5-1-2-6-16(15)27-22/h1-7,13,18H,8-12H2,(H,26,27)(H2,25,28,30)/t18-/m1/s1. The Labute approximate surface area is 172 Å². The average Bonchev–Trinajstić information content (AvgIpc) is 3.18. The minimum atomic E-state index is -0.357. The van der Waals surface area contributed by atoms with Crippen molar-refractivity contribution >= 4 is 27.6 Å². The number of rotatable bonds is 3. The van der Waals surface area contributed by atoms with E-state index in [9.17, 15) is 4.79 Å². The second-order valence-electron chi connectivity index (χ2n) is 8.36. The van der Waals surface area contributed by atoms with Crippen LogP contribution in [0, 0.1) is 11.7 Å². The van der Waals surface area contributed by atoms with Gasteiger partial charge >= 0.3 is 0 Å². The van der Waals surface area contributed by atoms with Crippen LogP contribution in [-0.4, -0.2) is 45.5 Å². The molecule has 3 fully saturated rings. The molecule has 30 heavy (non-hydrogen) atoms. The van der Waals surface area contributed by atoms with Crippen LogP contribution in [0.25, 0.3) is 33.3 Å². The number of pyridine rings is 1. The van der Waals surface area contributed by atoms with Crippen molar-refractivity contribution in [2.45, 2.75) is 18.9 Å². The molecule has 6 nitrogen and oxygen atoms in total. The van der Waals surface area contributed by atoms with E-state index in [1.54, 1.807) is 12.1 Å². The molecule has 0 aliphatic carbocycles. The molecule has 5 heterocycles. The lowest BCUT2D eigenvalue weighted by molar-refractivity contribution is 0.0976. The number of nitrogens with zero attached hydrogens (tertiary/aromatic N) is 2. The predicted octanol–water partition coefficient (Wildman–Crippen LogP) is 3.72. The zero-order valence-corrected chi connectivity index (χ0v) is 16.4. The summed E-state index contributed by atoms with van der Waals surface area (Å²) in [4.78, 5) is 26.3. The zero-order chi connectivity index (χ0) is 20.2. The van der Waals surface area contributed by atoms with Crippen molar-refractivity contribution in [2.24, 2.45) is 5.92 Å². The fourth-order valence-corrected chi connectivity index (χ4v) is 5.06. The van der Waals surface area contributed by atoms with Crippen LogP contribution in [0.15, 0.2) is 47.3 Å². The Balaban J connectivity index is 1.58. The van der Waals surface area contributed by atoms with Crippen LogP contribution in [0.4, 0.5) is 10.1 Å². The summed E-state index contributed by atoms with van der Waals surface area (Å²) >= 11 is 0. The van der Waals surface area contributed by atoms with Crippen molar-refractivity contribution < 1.29 is 4.39 Å². The summed E-state index contributed by atoms with van der Waals surface area (Å²) in [5.41, 5.74) is 2.72. The first kappa shape index (κ1) is 17.7. The molecule has 2 aromatic carbocycles. The highest BCUT2D eigenvalue weighted by molar-refractivity contribution is 5.99. The Morgan fingerprint density at radius 2 is 1.83 bits per heavy atom. The number of fused-ring (bicyclic) bond motifs is 5. The summed E-state index contributed by atoms with van der Waals surface area (Å²) < 4.78 is 15.0. The van der Waals surface area contributed by atoms with Gasteiger partial charge in [0.2, 0.25) is 0 Å². The SMILES string of the molecule is O=c1[nH]c2cccc(F)c2c(N[C@@H]2CN3CCC2CC3)c1-c1nc2ccccc2[nH]1. The molecule has 3 aliphatic rings. The lowest BCUT2D eigenvalue weighted by Gasteiger charge is -2.45. The van der Waals surface area contributed by atoms with E-state index in [0.29, 0.717) is 33.9 Å². The Hall–Kier alpha value is -3.19. The van der Waals surface area contributed by atoms with Crippen LogP contribution in [0.2, 0.25) is 0 Å². The van der Waals surface area contributed by atoms with Gasteiger partial charge in [-0.05, 0) is 56.1 Å². The van der Waals surface area contributed by atoms with Gasteiger partial charge in [-0.25, -0.2) is 9.37 Å². The molecule has 4 aromatic rings. The quantitative estimate of drug-likeness (QED) is 0.487. The number of para-hydroxylation sites is 2. The number of piperidine rings is 3. The number of halogens is 1. The molecular weight excluding hydrogens is 381 g/mol. The second-order valence-corrected chi connectivity index (χ2v) is 8.36. The van der Waals surface area contributed by atoms with Crippen LogP contribution < -0.4 is 10.9 Å². The molecule has 0 spiro atoms. The summed E-state index contributed by atoms with van der Waals surface area (Å²) in [5, 5.41) is 3.99. The first-order valence-electron chi connectivity index (χ1n) is 10.5. The highest BCUT2D eigenvalue weighted by Crippen LogP contribution is 2.36. The Morgan fingerprint density at radius 3 is 2.60 bits per heavy atom. The summed E-state index contributed by atoms with van der Waals surface area (Å²) in [6.07, 6.45) is 2.25. The highest BCUT2D eigenvalue weighted by Gasteiger charge is 2.35. The molecule has 2 bridgehead atoms. The molecule has 0 amide bonds. The number of benzene rings is 2. The van der Waals surface area contributed by atoms with Crippen molar-refractivity contribution in [1.29, 1.82) is 0 Å². The van der Waals surface area contributed by atoms with Crippen molar-refractivity contribution in [3.8, 4) is 11.4 Å². The third kappa shape index (κ3) is 2.73. The van der Waals surface area contributed by atoms with Crippen LogP contribution in [0.3, 0.4) is 0 Å². The first-order valence-corrected chi connectivity index (χ1v) is 10.5. The van der Waals surface area contributed by atoms with Gasteiger partial charge < -0.3 is 20.2 Å². The van der Waals surface area contributed by atoms with Crippen LogP contribution >= 0.6 is 0 Å². The molecule has 0 saturated carbocycles. The molecule has 152 valence electrons. The van der Waals surface area contributed by atoms with Gasteiger partial charge in [-0.3, -0.25) is 4.79 Å². The van der Waals surface area contributed by atoms with E-state index in [1.165, 1.54) is 6.07 Å². The number of hydrogen-bond donors (Lipinski definition) is 3.